The van der Waals surface area contributed by atoms with Gasteiger partial charge in [0.15, 0.2) is 0 Å². The molecule has 1 unspecified atom stereocenters. The molecule has 0 radical (unpaired) electrons. The van der Waals surface area contributed by atoms with Crippen LogP contribution in [-0.2, 0) is 0 Å². The molecule has 118 valence electrons. The van der Waals surface area contributed by atoms with Crippen LogP contribution < -0.4 is 16.6 Å². The summed E-state index contributed by atoms with van der Waals surface area (Å²) in [6.45, 7) is 6.31. The number of rotatable bonds is 5. The second-order valence-corrected chi connectivity index (χ2v) is 6.22. The molecule has 6 heteroatoms. The van der Waals surface area contributed by atoms with E-state index in [9.17, 15) is 9.59 Å². The Morgan fingerprint density at radius 2 is 2.18 bits per heavy atom. The summed E-state index contributed by atoms with van der Waals surface area (Å²) in [6, 6.07) is 5.22. The molecule has 1 atom stereocenters. The third-order valence-electron chi connectivity index (χ3n) is 3.58. The molecular weight excluding hydrogens is 280 g/mol. The fourth-order valence-corrected chi connectivity index (χ4v) is 2.61. The highest BCUT2D eigenvalue weighted by molar-refractivity contribution is 5.94. The van der Waals surface area contributed by atoms with E-state index < -0.39 is 11.4 Å². The van der Waals surface area contributed by atoms with Crippen LogP contribution in [0.2, 0.25) is 0 Å². The Morgan fingerprint density at radius 3 is 2.82 bits per heavy atom. The SMILES string of the molecule is CC(C)CC(C)(CN)NC(=O)c1cnc2ccccn2c1=O. The molecule has 0 spiro atoms. The fourth-order valence-electron chi connectivity index (χ4n) is 2.61. The molecule has 22 heavy (non-hydrogen) atoms. The highest BCUT2D eigenvalue weighted by Gasteiger charge is 2.27. The van der Waals surface area contributed by atoms with Crippen LogP contribution in [0, 0.1) is 5.92 Å². The second-order valence-electron chi connectivity index (χ2n) is 6.22. The molecule has 1 amide bonds. The van der Waals surface area contributed by atoms with E-state index in [-0.39, 0.29) is 11.1 Å². The van der Waals surface area contributed by atoms with Crippen molar-refractivity contribution in [2.24, 2.45) is 11.7 Å². The Labute approximate surface area is 129 Å². The quantitative estimate of drug-likeness (QED) is 0.868. The van der Waals surface area contributed by atoms with E-state index in [4.69, 9.17) is 5.73 Å². The standard InChI is InChI=1S/C16H22N4O2/c1-11(2)8-16(3,10-17)19-14(21)12-9-18-13-6-4-5-7-20(13)15(12)22/h4-7,9,11H,8,10,17H2,1-3H3,(H,19,21). The number of pyridine rings is 1. The maximum atomic E-state index is 12.4. The number of nitrogens with two attached hydrogens (primary N) is 1. The van der Waals surface area contributed by atoms with Crippen LogP contribution in [0.15, 0.2) is 35.4 Å². The first-order valence-electron chi connectivity index (χ1n) is 7.35. The minimum atomic E-state index is -0.548. The zero-order valence-corrected chi connectivity index (χ0v) is 13.2. The van der Waals surface area contributed by atoms with Crippen molar-refractivity contribution in [1.29, 1.82) is 0 Å². The molecule has 0 saturated carbocycles. The van der Waals surface area contributed by atoms with Gasteiger partial charge in [0, 0.05) is 24.5 Å². The molecule has 2 aromatic heterocycles. The van der Waals surface area contributed by atoms with Crippen molar-refractivity contribution in [2.45, 2.75) is 32.7 Å². The van der Waals surface area contributed by atoms with Gasteiger partial charge < -0.3 is 11.1 Å². The number of nitrogens with one attached hydrogen (secondary N) is 1. The van der Waals surface area contributed by atoms with Crippen LogP contribution in [0.3, 0.4) is 0 Å². The molecule has 0 saturated heterocycles. The van der Waals surface area contributed by atoms with Crippen molar-refractivity contribution < 1.29 is 4.79 Å². The first-order chi connectivity index (χ1) is 10.4. The van der Waals surface area contributed by atoms with Crippen LogP contribution in [-0.4, -0.2) is 27.4 Å². The molecule has 0 fully saturated rings. The highest BCUT2D eigenvalue weighted by atomic mass is 16.2. The largest absolute Gasteiger partial charge is 0.345 e. The third kappa shape index (κ3) is 3.33. The number of carbonyl (C=O) groups is 1. The Hall–Kier alpha value is -2.21. The van der Waals surface area contributed by atoms with Crippen LogP contribution in [0.25, 0.3) is 5.65 Å². The monoisotopic (exact) mass is 302 g/mol. The maximum absolute atomic E-state index is 12.4. The van der Waals surface area contributed by atoms with Gasteiger partial charge >= 0.3 is 0 Å². The lowest BCUT2D eigenvalue weighted by atomic mass is 9.90. The summed E-state index contributed by atoms with van der Waals surface area (Å²) < 4.78 is 1.36. The van der Waals surface area contributed by atoms with Gasteiger partial charge in [-0.15, -0.1) is 0 Å². The van der Waals surface area contributed by atoms with Gasteiger partial charge in [0.1, 0.15) is 11.2 Å². The summed E-state index contributed by atoms with van der Waals surface area (Å²) >= 11 is 0. The van der Waals surface area contributed by atoms with E-state index in [1.807, 2.05) is 6.92 Å². The number of amides is 1. The molecule has 0 aliphatic heterocycles. The lowest BCUT2D eigenvalue weighted by Gasteiger charge is -2.31. The lowest BCUT2D eigenvalue weighted by Crippen LogP contribution is -2.53. The maximum Gasteiger partial charge on any atom is 0.270 e. The Morgan fingerprint density at radius 1 is 1.45 bits per heavy atom. The normalized spacial score (nSPS) is 14.0. The van der Waals surface area contributed by atoms with Gasteiger partial charge in [-0.25, -0.2) is 4.98 Å². The molecule has 0 aromatic carbocycles. The molecular formula is C16H22N4O2. The topological polar surface area (TPSA) is 89.5 Å². The number of hydrogen-bond acceptors (Lipinski definition) is 4. The number of carbonyl (C=O) groups excluding carboxylic acids is 1. The predicted octanol–water partition coefficient (Wildman–Crippen LogP) is 1.19. The molecule has 0 bridgehead atoms. The Balaban J connectivity index is 2.34. The van der Waals surface area contributed by atoms with Crippen molar-refractivity contribution in [3.63, 3.8) is 0 Å². The fraction of sp³-hybridized carbons (Fsp3) is 0.438. The molecule has 3 N–H and O–H groups in total. The highest BCUT2D eigenvalue weighted by Crippen LogP contribution is 2.15. The number of aromatic nitrogens is 2. The minimum Gasteiger partial charge on any atom is -0.345 e. The summed E-state index contributed by atoms with van der Waals surface area (Å²) in [6.07, 6.45) is 3.65. The summed E-state index contributed by atoms with van der Waals surface area (Å²) in [7, 11) is 0. The van der Waals surface area contributed by atoms with Crippen LogP contribution in [0.1, 0.15) is 37.6 Å². The van der Waals surface area contributed by atoms with Crippen molar-refractivity contribution in [3.05, 3.63) is 46.5 Å². The summed E-state index contributed by atoms with van der Waals surface area (Å²) in [5.41, 5.74) is 5.39. The minimum absolute atomic E-state index is 0.0205. The zero-order chi connectivity index (χ0) is 16.3. The molecule has 2 heterocycles. The first-order valence-corrected chi connectivity index (χ1v) is 7.35. The van der Waals surface area contributed by atoms with Gasteiger partial charge in [-0.1, -0.05) is 19.9 Å². The average molecular weight is 302 g/mol. The second kappa shape index (κ2) is 6.27. The molecule has 6 nitrogen and oxygen atoms in total. The molecule has 0 aliphatic carbocycles. The van der Waals surface area contributed by atoms with Crippen LogP contribution >= 0.6 is 0 Å². The van der Waals surface area contributed by atoms with Gasteiger partial charge in [0.05, 0.1) is 0 Å². The Bertz CT molecular complexity index is 738. The molecule has 0 aliphatic rings. The lowest BCUT2D eigenvalue weighted by molar-refractivity contribution is 0.0896. The number of fused-ring (bicyclic) bond motifs is 1. The van der Waals surface area contributed by atoms with Gasteiger partial charge in [0.2, 0.25) is 0 Å². The van der Waals surface area contributed by atoms with Crippen molar-refractivity contribution in [1.82, 2.24) is 14.7 Å². The van der Waals surface area contributed by atoms with Gasteiger partial charge in [-0.2, -0.15) is 0 Å². The van der Waals surface area contributed by atoms with E-state index >= 15 is 0 Å². The van der Waals surface area contributed by atoms with E-state index in [0.29, 0.717) is 18.1 Å². The van der Waals surface area contributed by atoms with Gasteiger partial charge in [-0.3, -0.25) is 14.0 Å². The van der Waals surface area contributed by atoms with Crippen molar-refractivity contribution >= 4 is 11.6 Å². The van der Waals surface area contributed by atoms with Crippen LogP contribution in [0.5, 0.6) is 0 Å². The van der Waals surface area contributed by atoms with Crippen molar-refractivity contribution in [3.8, 4) is 0 Å². The van der Waals surface area contributed by atoms with Crippen LogP contribution in [0.4, 0.5) is 0 Å². The Kier molecular flexibility index (Phi) is 4.61. The first kappa shape index (κ1) is 16.2. The van der Waals surface area contributed by atoms with Gasteiger partial charge in [0.25, 0.3) is 11.5 Å². The summed E-state index contributed by atoms with van der Waals surface area (Å²) in [4.78, 5) is 29.0. The van der Waals surface area contributed by atoms with Crippen molar-refractivity contribution in [2.75, 3.05) is 6.54 Å². The smallest absolute Gasteiger partial charge is 0.270 e. The number of hydrogen-bond donors (Lipinski definition) is 2. The zero-order valence-electron chi connectivity index (χ0n) is 13.2. The molecule has 2 rings (SSSR count). The number of nitrogens with zero attached hydrogens (tertiary/aromatic N) is 2. The van der Waals surface area contributed by atoms with E-state index in [1.165, 1.54) is 10.6 Å². The van der Waals surface area contributed by atoms with E-state index in [2.05, 4.69) is 24.1 Å². The summed E-state index contributed by atoms with van der Waals surface area (Å²) in [5.74, 6) is -0.0611. The molecule has 2 aromatic rings. The summed E-state index contributed by atoms with van der Waals surface area (Å²) in [5, 5.41) is 2.88. The van der Waals surface area contributed by atoms with E-state index in [0.717, 1.165) is 6.42 Å². The third-order valence-corrected chi connectivity index (χ3v) is 3.58. The average Bonchev–Trinajstić information content (AvgIpc) is 2.46. The predicted molar refractivity (Wildman–Crippen MR) is 85.8 cm³/mol. The van der Waals surface area contributed by atoms with Gasteiger partial charge in [-0.05, 0) is 31.4 Å². The van der Waals surface area contributed by atoms with E-state index in [1.54, 1.807) is 24.4 Å².